The van der Waals surface area contributed by atoms with Crippen LogP contribution in [0.15, 0.2) is 35.6 Å². The average molecular weight is 681 g/mol. The lowest BCUT2D eigenvalue weighted by atomic mass is 9.86. The van der Waals surface area contributed by atoms with E-state index in [4.69, 9.17) is 30.8 Å². The van der Waals surface area contributed by atoms with Gasteiger partial charge in [0.05, 0.1) is 23.4 Å². The summed E-state index contributed by atoms with van der Waals surface area (Å²) in [4.78, 5) is 40.8. The van der Waals surface area contributed by atoms with E-state index in [1.54, 1.807) is 27.7 Å². The van der Waals surface area contributed by atoms with Crippen LogP contribution >= 0.6 is 23.4 Å². The van der Waals surface area contributed by atoms with Crippen LogP contribution in [0.5, 0.6) is 0 Å². The number of amidine groups is 1. The number of carbonyl (C=O) groups excluding carboxylic acids is 2. The molecule has 0 spiro atoms. The zero-order chi connectivity index (χ0) is 33.4. The smallest absolute Gasteiger partial charge is 0.418 e. The minimum atomic E-state index is -1.43. The lowest BCUT2D eigenvalue weighted by Gasteiger charge is -2.37. The van der Waals surface area contributed by atoms with Gasteiger partial charge in [-0.1, -0.05) is 43.0 Å². The summed E-state index contributed by atoms with van der Waals surface area (Å²) in [5, 5.41) is 0.477. The Morgan fingerprint density at radius 3 is 2.53 bits per heavy atom. The van der Waals surface area contributed by atoms with Gasteiger partial charge in [0.25, 0.3) is 0 Å². The summed E-state index contributed by atoms with van der Waals surface area (Å²) in [6, 6.07) is 5.24. The quantitative estimate of drug-likeness (QED) is 0.0880. The number of halogens is 3. The molecule has 1 aliphatic carbocycles. The largest absolute Gasteiger partial charge is 0.468 e. The molecule has 0 saturated heterocycles. The molecular weight excluding hydrogens is 642 g/mol. The first-order valence-corrected chi connectivity index (χ1v) is 19.4. The maximum atomic E-state index is 15.6. The lowest BCUT2D eigenvalue weighted by Crippen LogP contribution is -2.47. The number of aromatic nitrogens is 2. The number of thioether (sulfide) groups is 1. The molecule has 1 unspecified atom stereocenters. The number of ether oxygens (including phenoxy) is 3. The highest BCUT2D eigenvalue weighted by Crippen LogP contribution is 2.67. The first-order chi connectivity index (χ1) is 20.9. The molecule has 4 rings (SSSR count). The number of nitrogens with zero attached hydrogens (tertiary/aromatic N) is 4. The number of rotatable bonds is 9. The van der Waals surface area contributed by atoms with E-state index in [-0.39, 0.29) is 28.7 Å². The van der Waals surface area contributed by atoms with E-state index in [1.807, 2.05) is 0 Å². The third kappa shape index (κ3) is 8.11. The second-order valence-electron chi connectivity index (χ2n) is 13.5. The van der Waals surface area contributed by atoms with E-state index in [0.717, 1.165) is 17.8 Å². The Balaban J connectivity index is 1.78. The fraction of sp³-hybridized carbons (Fsp3) is 0.516. The van der Waals surface area contributed by atoms with Crippen molar-refractivity contribution in [1.29, 1.82) is 0 Å². The van der Waals surface area contributed by atoms with Gasteiger partial charge in [-0.3, -0.25) is 14.8 Å². The molecule has 2 aromatic rings. The summed E-state index contributed by atoms with van der Waals surface area (Å²) in [5.41, 5.74) is -1.90. The molecule has 3 atom stereocenters. The minimum absolute atomic E-state index is 0.0329. The molecule has 2 aliphatic rings. The molecule has 1 fully saturated rings. The highest BCUT2D eigenvalue weighted by molar-refractivity contribution is 8.15. The van der Waals surface area contributed by atoms with Gasteiger partial charge in [0.1, 0.15) is 22.9 Å². The van der Waals surface area contributed by atoms with Crippen LogP contribution in [-0.2, 0) is 24.5 Å². The van der Waals surface area contributed by atoms with E-state index in [0.29, 0.717) is 18.1 Å². The van der Waals surface area contributed by atoms with Crippen molar-refractivity contribution in [3.05, 3.63) is 58.4 Å². The summed E-state index contributed by atoms with van der Waals surface area (Å²) in [6.07, 6.45) is 3.27. The van der Waals surface area contributed by atoms with E-state index in [1.165, 1.54) is 48.7 Å². The fourth-order valence-electron chi connectivity index (χ4n) is 4.95. The molecule has 0 aromatic carbocycles. The molecule has 1 saturated carbocycles. The highest BCUT2D eigenvalue weighted by atomic mass is 35.5. The van der Waals surface area contributed by atoms with Crippen molar-refractivity contribution in [2.75, 3.05) is 20.4 Å². The van der Waals surface area contributed by atoms with E-state index < -0.39 is 53.7 Å². The number of fused-ring (bicyclic) bond motifs is 1. The summed E-state index contributed by atoms with van der Waals surface area (Å²) in [7, 11) is -0.152. The fourth-order valence-corrected chi connectivity index (χ4v) is 7.40. The average Bonchev–Trinajstić information content (AvgIpc) is 3.69. The van der Waals surface area contributed by atoms with Crippen molar-refractivity contribution in [2.24, 2.45) is 10.9 Å². The Kier molecular flexibility index (Phi) is 10.2. The Morgan fingerprint density at radius 2 is 1.93 bits per heavy atom. The van der Waals surface area contributed by atoms with Crippen molar-refractivity contribution < 1.29 is 32.6 Å². The Labute approximate surface area is 272 Å². The molecule has 45 heavy (non-hydrogen) atoms. The van der Waals surface area contributed by atoms with Gasteiger partial charge in [0.15, 0.2) is 5.17 Å². The molecule has 3 heterocycles. The Hall–Kier alpha value is -2.87. The van der Waals surface area contributed by atoms with E-state index in [2.05, 4.69) is 29.6 Å². The summed E-state index contributed by atoms with van der Waals surface area (Å²) < 4.78 is 46.4. The Bertz CT molecular complexity index is 1510. The van der Waals surface area contributed by atoms with Gasteiger partial charge < -0.3 is 14.2 Å². The number of carbonyl (C=O) groups is 2. The first-order valence-electron chi connectivity index (χ1n) is 14.5. The molecule has 1 amide bonds. The minimum Gasteiger partial charge on any atom is -0.468 e. The van der Waals surface area contributed by atoms with E-state index >= 15 is 8.78 Å². The first kappa shape index (κ1) is 35.0. The van der Waals surface area contributed by atoms with E-state index in [9.17, 15) is 9.59 Å². The van der Waals surface area contributed by atoms with Gasteiger partial charge in [-0.15, -0.1) is 0 Å². The van der Waals surface area contributed by atoms with Crippen LogP contribution in [0.4, 0.5) is 13.6 Å². The van der Waals surface area contributed by atoms with Gasteiger partial charge in [0.2, 0.25) is 5.95 Å². The van der Waals surface area contributed by atoms with Crippen LogP contribution in [0.25, 0.3) is 11.9 Å². The lowest BCUT2D eigenvalue weighted by molar-refractivity contribution is -0.141. The van der Waals surface area contributed by atoms with Crippen molar-refractivity contribution in [3.63, 3.8) is 0 Å². The normalized spacial score (nSPS) is 23.1. The van der Waals surface area contributed by atoms with Gasteiger partial charge in [-0.2, -0.15) is 4.39 Å². The molecule has 1 aliphatic heterocycles. The number of methoxy groups -OCH3 is 1. The molecule has 0 bridgehead atoms. The second kappa shape index (κ2) is 13.1. The molecule has 9 nitrogen and oxygen atoms in total. The monoisotopic (exact) mass is 680 g/mol. The number of esters is 1. The second-order valence-corrected chi connectivity index (χ2v) is 20.9. The van der Waals surface area contributed by atoms with Crippen molar-refractivity contribution in [2.45, 2.75) is 75.7 Å². The molecule has 0 N–H and O–H groups in total. The van der Waals surface area contributed by atoms with Crippen LogP contribution < -0.4 is 0 Å². The summed E-state index contributed by atoms with van der Waals surface area (Å²) in [6.45, 7) is 13.7. The zero-order valence-electron chi connectivity index (χ0n) is 26.7. The highest BCUT2D eigenvalue weighted by Gasteiger charge is 2.72. The van der Waals surface area contributed by atoms with Crippen LogP contribution in [-0.4, -0.2) is 71.0 Å². The Morgan fingerprint density at radius 1 is 1.22 bits per heavy atom. The maximum Gasteiger partial charge on any atom is 0.418 e. The van der Waals surface area contributed by atoms with Crippen LogP contribution in [0, 0.1) is 11.9 Å². The molecule has 0 radical (unpaired) electrons. The van der Waals surface area contributed by atoms with Gasteiger partial charge in [-0.25, -0.2) is 19.1 Å². The third-order valence-corrected chi connectivity index (χ3v) is 10.9. The number of amides is 1. The SMILES string of the molecule is COC(=O)[C@]12CC1[C@@](C)(c1cc(/C=C(\F)c3ccc(Cl)cn3)cnc1F)N=C(N(COCC[Si](C)(C)C)C(=O)OC(C)(C)C)S2. The number of pyridine rings is 2. The topological polar surface area (TPSA) is 103 Å². The van der Waals surface area contributed by atoms with Crippen molar-refractivity contribution in [1.82, 2.24) is 14.9 Å². The van der Waals surface area contributed by atoms with Gasteiger partial charge in [-0.05, 0) is 70.0 Å². The van der Waals surface area contributed by atoms with Crippen LogP contribution in [0.3, 0.4) is 0 Å². The predicted octanol–water partition coefficient (Wildman–Crippen LogP) is 7.54. The number of hydrogen-bond donors (Lipinski definition) is 0. The number of aliphatic imine (C=N–C) groups is 1. The molecule has 244 valence electrons. The number of hydrogen-bond acceptors (Lipinski definition) is 9. The van der Waals surface area contributed by atoms with Crippen LogP contribution in [0.1, 0.15) is 50.9 Å². The molecule has 2 aromatic heterocycles. The van der Waals surface area contributed by atoms with Gasteiger partial charge in [0, 0.05) is 38.6 Å². The van der Waals surface area contributed by atoms with Crippen molar-refractivity contribution >= 4 is 60.6 Å². The molecular formula is C31H39ClF2N4O5SSi. The van der Waals surface area contributed by atoms with Crippen molar-refractivity contribution in [3.8, 4) is 0 Å². The van der Waals surface area contributed by atoms with Gasteiger partial charge >= 0.3 is 12.1 Å². The maximum absolute atomic E-state index is 15.6. The summed E-state index contributed by atoms with van der Waals surface area (Å²) >= 11 is 6.95. The standard InChI is InChI=1S/C31H39ClF2N4O5SSi/c1-29(2,3)43-28(40)38(18-42-11-12-45(6,7)8)27-37-30(4,24-15-31(24,44-27)26(39)41-5)21-13-19(16-36-25(21)34)14-22(33)23-10-9-20(32)17-35-23/h9-10,13-14,16-17,24H,11-12,15,18H2,1-8H3/b22-14-/t24?,30-,31+/m1/s1. The van der Waals surface area contributed by atoms with Crippen LogP contribution in [0.2, 0.25) is 30.7 Å². The predicted molar refractivity (Wildman–Crippen MR) is 175 cm³/mol. The third-order valence-electron chi connectivity index (χ3n) is 7.45. The zero-order valence-corrected chi connectivity index (χ0v) is 29.3. The molecule has 14 heteroatoms. The summed E-state index contributed by atoms with van der Waals surface area (Å²) in [5.74, 6) is -2.54.